The molecule has 4 heteroatoms. The number of ether oxygens (including phenoxy) is 1. The van der Waals surface area contributed by atoms with Gasteiger partial charge in [-0.1, -0.05) is 33.6 Å². The van der Waals surface area contributed by atoms with Crippen LogP contribution in [0.4, 0.5) is 0 Å². The highest BCUT2D eigenvalue weighted by molar-refractivity contribution is 9.10. The molecule has 0 spiro atoms. The Labute approximate surface area is 109 Å². The molecule has 88 valence electrons. The van der Waals surface area contributed by atoms with Gasteiger partial charge in [-0.25, -0.2) is 0 Å². The van der Waals surface area contributed by atoms with Crippen LogP contribution in [0.15, 0.2) is 22.7 Å². The van der Waals surface area contributed by atoms with E-state index in [0.717, 1.165) is 34.8 Å². The lowest BCUT2D eigenvalue weighted by Crippen LogP contribution is -2.13. The van der Waals surface area contributed by atoms with E-state index >= 15 is 0 Å². The van der Waals surface area contributed by atoms with E-state index in [2.05, 4.69) is 21.2 Å². The predicted octanol–water partition coefficient (Wildman–Crippen LogP) is 3.23. The minimum absolute atomic E-state index is 0.600. The maximum Gasteiger partial charge on any atom is 0.0731 e. The molecule has 0 aliphatic carbocycles. The van der Waals surface area contributed by atoms with Gasteiger partial charge in [0.05, 0.1) is 13.2 Å². The van der Waals surface area contributed by atoms with Crippen LogP contribution >= 0.6 is 27.5 Å². The normalized spacial score (nSPS) is 20.2. The SMILES string of the molecule is Clc1cc(Br)ccc1COCC1CCNC1. The van der Waals surface area contributed by atoms with Gasteiger partial charge in [0.25, 0.3) is 0 Å². The molecule has 1 unspecified atom stereocenters. The molecule has 0 bridgehead atoms. The summed E-state index contributed by atoms with van der Waals surface area (Å²) in [4.78, 5) is 0. The number of hydrogen-bond donors (Lipinski definition) is 1. The number of hydrogen-bond acceptors (Lipinski definition) is 2. The van der Waals surface area contributed by atoms with Crippen LogP contribution < -0.4 is 5.32 Å². The van der Waals surface area contributed by atoms with Gasteiger partial charge in [0.2, 0.25) is 0 Å². The van der Waals surface area contributed by atoms with Crippen molar-refractivity contribution in [2.45, 2.75) is 13.0 Å². The maximum absolute atomic E-state index is 6.10. The monoisotopic (exact) mass is 303 g/mol. The van der Waals surface area contributed by atoms with Crippen molar-refractivity contribution in [3.8, 4) is 0 Å². The van der Waals surface area contributed by atoms with Crippen LogP contribution in [0.25, 0.3) is 0 Å². The Bertz CT molecular complexity index is 353. The van der Waals surface area contributed by atoms with Crippen molar-refractivity contribution >= 4 is 27.5 Å². The topological polar surface area (TPSA) is 21.3 Å². The van der Waals surface area contributed by atoms with E-state index in [-0.39, 0.29) is 0 Å². The number of nitrogens with one attached hydrogen (secondary N) is 1. The quantitative estimate of drug-likeness (QED) is 0.922. The first-order valence-electron chi connectivity index (χ1n) is 5.48. The van der Waals surface area contributed by atoms with Crippen LogP contribution in [-0.4, -0.2) is 19.7 Å². The first-order chi connectivity index (χ1) is 7.75. The average molecular weight is 305 g/mol. The fourth-order valence-corrected chi connectivity index (χ4v) is 2.56. The molecule has 1 atom stereocenters. The van der Waals surface area contributed by atoms with E-state index < -0.39 is 0 Å². The second-order valence-electron chi connectivity index (χ2n) is 4.11. The summed E-state index contributed by atoms with van der Waals surface area (Å²) in [7, 11) is 0. The molecule has 1 saturated heterocycles. The molecule has 1 aliphatic rings. The smallest absolute Gasteiger partial charge is 0.0731 e. The lowest BCUT2D eigenvalue weighted by Gasteiger charge is -2.10. The van der Waals surface area contributed by atoms with Crippen molar-refractivity contribution in [3.05, 3.63) is 33.3 Å². The third-order valence-electron chi connectivity index (χ3n) is 2.79. The average Bonchev–Trinajstić information content (AvgIpc) is 2.74. The highest BCUT2D eigenvalue weighted by Gasteiger charge is 2.14. The van der Waals surface area contributed by atoms with E-state index in [1.54, 1.807) is 0 Å². The molecule has 2 rings (SSSR count). The summed E-state index contributed by atoms with van der Waals surface area (Å²) in [5.74, 6) is 0.661. The second kappa shape index (κ2) is 6.01. The van der Waals surface area contributed by atoms with Gasteiger partial charge >= 0.3 is 0 Å². The molecule has 1 aliphatic heterocycles. The molecule has 0 saturated carbocycles. The Morgan fingerprint density at radius 1 is 1.50 bits per heavy atom. The fourth-order valence-electron chi connectivity index (χ4n) is 1.83. The van der Waals surface area contributed by atoms with Crippen molar-refractivity contribution in [1.82, 2.24) is 5.32 Å². The summed E-state index contributed by atoms with van der Waals surface area (Å²) in [6, 6.07) is 5.89. The lowest BCUT2D eigenvalue weighted by molar-refractivity contribution is 0.0925. The first kappa shape index (κ1) is 12.4. The summed E-state index contributed by atoms with van der Waals surface area (Å²) in [6.07, 6.45) is 1.22. The Hall–Kier alpha value is -0.0900. The highest BCUT2D eigenvalue weighted by atomic mass is 79.9. The van der Waals surface area contributed by atoms with Crippen LogP contribution in [0.5, 0.6) is 0 Å². The zero-order valence-corrected chi connectivity index (χ0v) is 11.4. The molecular formula is C12H15BrClNO. The summed E-state index contributed by atoms with van der Waals surface area (Å²) >= 11 is 9.49. The number of halogens is 2. The van der Waals surface area contributed by atoms with Crippen LogP contribution in [0.2, 0.25) is 5.02 Å². The summed E-state index contributed by atoms with van der Waals surface area (Å²) in [5, 5.41) is 4.09. The summed E-state index contributed by atoms with van der Waals surface area (Å²) < 4.78 is 6.69. The van der Waals surface area contributed by atoms with Gasteiger partial charge in [-0.05, 0) is 36.6 Å². The molecular weight excluding hydrogens is 289 g/mol. The third-order valence-corrected chi connectivity index (χ3v) is 3.63. The molecule has 1 N–H and O–H groups in total. The minimum Gasteiger partial charge on any atom is -0.376 e. The van der Waals surface area contributed by atoms with Gasteiger partial charge in [0.15, 0.2) is 0 Å². The van der Waals surface area contributed by atoms with Gasteiger partial charge in [0, 0.05) is 16.0 Å². The molecule has 1 heterocycles. The molecule has 1 aromatic rings. The van der Waals surface area contributed by atoms with E-state index in [4.69, 9.17) is 16.3 Å². The van der Waals surface area contributed by atoms with Gasteiger partial charge in [-0.15, -0.1) is 0 Å². The Morgan fingerprint density at radius 2 is 2.38 bits per heavy atom. The highest BCUT2D eigenvalue weighted by Crippen LogP contribution is 2.22. The van der Waals surface area contributed by atoms with Crippen molar-refractivity contribution in [1.29, 1.82) is 0 Å². The van der Waals surface area contributed by atoms with E-state index in [1.807, 2.05) is 18.2 Å². The van der Waals surface area contributed by atoms with Crippen molar-refractivity contribution in [2.24, 2.45) is 5.92 Å². The molecule has 0 aromatic heterocycles. The number of benzene rings is 1. The van der Waals surface area contributed by atoms with E-state index in [1.165, 1.54) is 6.42 Å². The molecule has 1 aromatic carbocycles. The molecule has 2 nitrogen and oxygen atoms in total. The maximum atomic E-state index is 6.10. The van der Waals surface area contributed by atoms with Gasteiger partial charge in [0.1, 0.15) is 0 Å². The van der Waals surface area contributed by atoms with Gasteiger partial charge < -0.3 is 10.1 Å². The predicted molar refractivity (Wildman–Crippen MR) is 69.8 cm³/mol. The standard InChI is InChI=1S/C12H15BrClNO/c13-11-2-1-10(12(14)5-11)8-16-7-9-3-4-15-6-9/h1-2,5,9,15H,3-4,6-8H2. The third kappa shape index (κ3) is 3.45. The summed E-state index contributed by atoms with van der Waals surface area (Å²) in [5.41, 5.74) is 1.05. The summed E-state index contributed by atoms with van der Waals surface area (Å²) in [6.45, 7) is 3.61. The molecule has 0 amide bonds. The van der Waals surface area contributed by atoms with Gasteiger partial charge in [-0.2, -0.15) is 0 Å². The number of rotatable bonds is 4. The van der Waals surface area contributed by atoms with Crippen LogP contribution in [0, 0.1) is 5.92 Å². The van der Waals surface area contributed by atoms with E-state index in [9.17, 15) is 0 Å². The Morgan fingerprint density at radius 3 is 3.06 bits per heavy atom. The lowest BCUT2D eigenvalue weighted by atomic mass is 10.1. The zero-order chi connectivity index (χ0) is 11.4. The van der Waals surface area contributed by atoms with Crippen molar-refractivity contribution in [2.75, 3.05) is 19.7 Å². The second-order valence-corrected chi connectivity index (χ2v) is 5.43. The minimum atomic E-state index is 0.600. The first-order valence-corrected chi connectivity index (χ1v) is 6.65. The zero-order valence-electron chi connectivity index (χ0n) is 9.01. The van der Waals surface area contributed by atoms with Crippen molar-refractivity contribution in [3.63, 3.8) is 0 Å². The van der Waals surface area contributed by atoms with Gasteiger partial charge in [-0.3, -0.25) is 0 Å². The van der Waals surface area contributed by atoms with Crippen LogP contribution in [0.1, 0.15) is 12.0 Å². The Kier molecular flexibility index (Phi) is 4.65. The fraction of sp³-hybridized carbons (Fsp3) is 0.500. The Balaban J connectivity index is 1.80. The van der Waals surface area contributed by atoms with E-state index in [0.29, 0.717) is 12.5 Å². The molecule has 0 radical (unpaired) electrons. The van der Waals surface area contributed by atoms with Crippen molar-refractivity contribution < 1.29 is 4.74 Å². The largest absolute Gasteiger partial charge is 0.376 e. The molecule has 1 fully saturated rings. The molecule has 16 heavy (non-hydrogen) atoms. The van der Waals surface area contributed by atoms with Crippen LogP contribution in [-0.2, 0) is 11.3 Å². The van der Waals surface area contributed by atoms with Crippen LogP contribution in [0.3, 0.4) is 0 Å².